The molecule has 0 spiro atoms. The van der Waals surface area contributed by atoms with Crippen molar-refractivity contribution >= 4 is 28.8 Å². The Bertz CT molecular complexity index is 1360. The van der Waals surface area contributed by atoms with E-state index in [0.29, 0.717) is 17.1 Å². The number of aryl methyl sites for hydroxylation is 2. The van der Waals surface area contributed by atoms with E-state index in [1.807, 2.05) is 24.5 Å². The van der Waals surface area contributed by atoms with Crippen molar-refractivity contribution in [1.29, 1.82) is 0 Å². The monoisotopic (exact) mass is 517 g/mol. The molecule has 0 aliphatic heterocycles. The van der Waals surface area contributed by atoms with Crippen LogP contribution < -0.4 is 5.32 Å². The van der Waals surface area contributed by atoms with E-state index in [2.05, 4.69) is 51.4 Å². The summed E-state index contributed by atoms with van der Waals surface area (Å²) in [6.45, 7) is 4.07. The number of nitrogens with one attached hydrogen (secondary N) is 1. The number of nitrogens with zero attached hydrogens (tertiary/aromatic N) is 4. The Balaban J connectivity index is 1.34. The number of thiazole rings is 1. The van der Waals surface area contributed by atoms with E-state index in [4.69, 9.17) is 16.6 Å². The molecule has 0 saturated carbocycles. The highest BCUT2D eigenvalue weighted by molar-refractivity contribution is 7.11. The van der Waals surface area contributed by atoms with Crippen molar-refractivity contribution in [3.8, 4) is 0 Å². The molecule has 4 aromatic rings. The predicted octanol–water partition coefficient (Wildman–Crippen LogP) is 5.90. The fourth-order valence-electron chi connectivity index (χ4n) is 4.77. The number of aromatic nitrogens is 3. The van der Waals surface area contributed by atoms with Gasteiger partial charge in [0.25, 0.3) is 5.91 Å². The van der Waals surface area contributed by atoms with Crippen molar-refractivity contribution in [3.63, 3.8) is 0 Å². The van der Waals surface area contributed by atoms with Crippen LogP contribution in [0, 0.1) is 6.92 Å². The molecule has 0 fully saturated rings. The van der Waals surface area contributed by atoms with Gasteiger partial charge in [0.05, 0.1) is 28.9 Å². The van der Waals surface area contributed by atoms with Gasteiger partial charge in [0.1, 0.15) is 5.01 Å². The average molecular weight is 518 g/mol. The van der Waals surface area contributed by atoms with Gasteiger partial charge in [0.2, 0.25) is 0 Å². The normalized spacial score (nSPS) is 15.0. The molecule has 36 heavy (non-hydrogen) atoms. The number of pyridine rings is 2. The zero-order chi connectivity index (χ0) is 24.9. The van der Waals surface area contributed by atoms with E-state index in [0.717, 1.165) is 42.9 Å². The van der Waals surface area contributed by atoms with Crippen molar-refractivity contribution in [1.82, 2.24) is 25.2 Å². The number of amides is 1. The van der Waals surface area contributed by atoms with Gasteiger partial charge in [-0.3, -0.25) is 19.7 Å². The average Bonchev–Trinajstić information content (AvgIpc) is 3.31. The molecule has 1 aliphatic carbocycles. The molecule has 184 valence electrons. The topological polar surface area (TPSA) is 71.0 Å². The summed E-state index contributed by atoms with van der Waals surface area (Å²) in [5, 5.41) is 4.44. The lowest BCUT2D eigenvalue weighted by Crippen LogP contribution is -2.31. The van der Waals surface area contributed by atoms with Crippen molar-refractivity contribution in [2.24, 2.45) is 0 Å². The second-order valence-corrected chi connectivity index (χ2v) is 10.8. The summed E-state index contributed by atoms with van der Waals surface area (Å²) < 4.78 is 0. The summed E-state index contributed by atoms with van der Waals surface area (Å²) in [6.07, 6.45) is 10.2. The molecule has 3 heterocycles. The molecule has 1 aromatic carbocycles. The molecule has 1 amide bonds. The number of benzene rings is 1. The fraction of sp³-hybridized carbons (Fsp3) is 0.286. The number of carbonyl (C=O) groups is 1. The van der Waals surface area contributed by atoms with E-state index in [-0.39, 0.29) is 11.9 Å². The SMILES string of the molecule is Cc1cnc(CN(Cc2cccc(CNC(=O)c3ccncc3Cl)c2)C2CCCc3cccnc32)s1. The van der Waals surface area contributed by atoms with Crippen LogP contribution in [0.1, 0.15) is 61.5 Å². The van der Waals surface area contributed by atoms with Gasteiger partial charge in [-0.1, -0.05) is 41.9 Å². The molecule has 5 rings (SSSR count). The quantitative estimate of drug-likeness (QED) is 0.315. The Morgan fingerprint density at radius 3 is 2.83 bits per heavy atom. The first-order valence-electron chi connectivity index (χ1n) is 12.1. The molecular formula is C28H28ClN5OS. The molecule has 6 nitrogen and oxygen atoms in total. The predicted molar refractivity (Wildman–Crippen MR) is 143 cm³/mol. The Hall–Kier alpha value is -3.13. The lowest BCUT2D eigenvalue weighted by atomic mass is 9.90. The van der Waals surface area contributed by atoms with Gasteiger partial charge in [-0.15, -0.1) is 11.3 Å². The lowest BCUT2D eigenvalue weighted by Gasteiger charge is -2.34. The summed E-state index contributed by atoms with van der Waals surface area (Å²) in [5.41, 5.74) is 5.20. The second kappa shape index (κ2) is 11.3. The number of rotatable bonds is 8. The summed E-state index contributed by atoms with van der Waals surface area (Å²) in [7, 11) is 0. The molecule has 1 unspecified atom stereocenters. The van der Waals surface area contributed by atoms with Crippen molar-refractivity contribution in [3.05, 3.63) is 110 Å². The van der Waals surface area contributed by atoms with Crippen LogP contribution in [0.3, 0.4) is 0 Å². The number of hydrogen-bond donors (Lipinski definition) is 1. The van der Waals surface area contributed by atoms with Gasteiger partial charge in [-0.05, 0) is 55.0 Å². The van der Waals surface area contributed by atoms with Crippen LogP contribution in [0.5, 0.6) is 0 Å². The lowest BCUT2D eigenvalue weighted by molar-refractivity contribution is 0.0951. The molecule has 1 atom stereocenters. The van der Waals surface area contributed by atoms with E-state index in [9.17, 15) is 4.79 Å². The highest BCUT2D eigenvalue weighted by atomic mass is 35.5. The van der Waals surface area contributed by atoms with Crippen LogP contribution in [-0.4, -0.2) is 25.8 Å². The van der Waals surface area contributed by atoms with Crippen molar-refractivity contribution < 1.29 is 4.79 Å². The van der Waals surface area contributed by atoms with Crippen molar-refractivity contribution in [2.45, 2.75) is 51.9 Å². The smallest absolute Gasteiger partial charge is 0.253 e. The van der Waals surface area contributed by atoms with Gasteiger partial charge < -0.3 is 5.32 Å². The number of fused-ring (bicyclic) bond motifs is 1. The molecule has 8 heteroatoms. The summed E-state index contributed by atoms with van der Waals surface area (Å²) >= 11 is 7.87. The highest BCUT2D eigenvalue weighted by Crippen LogP contribution is 2.35. The van der Waals surface area contributed by atoms with E-state index < -0.39 is 0 Å². The molecule has 3 aromatic heterocycles. The first-order valence-corrected chi connectivity index (χ1v) is 13.3. The molecule has 1 N–H and O–H groups in total. The Morgan fingerprint density at radius 2 is 2.00 bits per heavy atom. The Labute approximate surface area is 220 Å². The minimum Gasteiger partial charge on any atom is -0.348 e. The molecule has 1 aliphatic rings. The summed E-state index contributed by atoms with van der Waals surface area (Å²) in [6, 6.07) is 14.5. The first kappa shape index (κ1) is 24.6. The van der Waals surface area contributed by atoms with E-state index in [1.165, 1.54) is 27.9 Å². The van der Waals surface area contributed by atoms with Crippen LogP contribution >= 0.6 is 22.9 Å². The highest BCUT2D eigenvalue weighted by Gasteiger charge is 2.28. The third-order valence-corrected chi connectivity index (χ3v) is 7.66. The zero-order valence-corrected chi connectivity index (χ0v) is 21.7. The third-order valence-electron chi connectivity index (χ3n) is 6.46. The maximum Gasteiger partial charge on any atom is 0.253 e. The van der Waals surface area contributed by atoms with Crippen LogP contribution in [0.25, 0.3) is 0 Å². The minimum atomic E-state index is -0.210. The van der Waals surface area contributed by atoms with E-state index >= 15 is 0 Å². The van der Waals surface area contributed by atoms with Crippen LogP contribution in [-0.2, 0) is 26.1 Å². The molecular weight excluding hydrogens is 490 g/mol. The largest absolute Gasteiger partial charge is 0.348 e. The van der Waals surface area contributed by atoms with Gasteiger partial charge in [0, 0.05) is 42.8 Å². The van der Waals surface area contributed by atoms with Crippen LogP contribution in [0.4, 0.5) is 0 Å². The molecule has 0 saturated heterocycles. The number of halogens is 1. The second-order valence-electron chi connectivity index (χ2n) is 9.08. The van der Waals surface area contributed by atoms with E-state index in [1.54, 1.807) is 23.6 Å². The van der Waals surface area contributed by atoms with Gasteiger partial charge in [-0.25, -0.2) is 4.98 Å². The maximum atomic E-state index is 12.6. The Morgan fingerprint density at radius 1 is 1.11 bits per heavy atom. The molecule has 0 radical (unpaired) electrons. The Kier molecular flexibility index (Phi) is 7.70. The summed E-state index contributed by atoms with van der Waals surface area (Å²) in [5.74, 6) is -0.210. The standard InChI is InChI=1S/C28H28ClN5OS/c1-19-14-32-26(36-19)18-34(25-9-3-7-22-8-4-11-31-27(22)25)17-21-6-2-5-20(13-21)15-33-28(35)23-10-12-30-16-24(23)29/h2,4-6,8,10-14,16,25H,3,7,9,15,17-18H2,1H3,(H,33,35). The van der Waals surface area contributed by atoms with Gasteiger partial charge >= 0.3 is 0 Å². The zero-order valence-electron chi connectivity index (χ0n) is 20.2. The maximum absolute atomic E-state index is 12.6. The number of hydrogen-bond acceptors (Lipinski definition) is 6. The number of carbonyl (C=O) groups excluding carboxylic acids is 1. The van der Waals surface area contributed by atoms with Crippen molar-refractivity contribution in [2.75, 3.05) is 0 Å². The fourth-order valence-corrected chi connectivity index (χ4v) is 5.79. The summed E-state index contributed by atoms with van der Waals surface area (Å²) in [4.78, 5) is 29.7. The third kappa shape index (κ3) is 5.81. The van der Waals surface area contributed by atoms with Crippen LogP contribution in [0.2, 0.25) is 5.02 Å². The van der Waals surface area contributed by atoms with Crippen LogP contribution in [0.15, 0.2) is 67.3 Å². The molecule has 0 bridgehead atoms. The minimum absolute atomic E-state index is 0.210. The first-order chi connectivity index (χ1) is 17.6. The van der Waals surface area contributed by atoms with Gasteiger partial charge in [0.15, 0.2) is 0 Å². The van der Waals surface area contributed by atoms with Gasteiger partial charge in [-0.2, -0.15) is 0 Å².